The Balaban J connectivity index is 2.29. The first-order valence-electron chi connectivity index (χ1n) is 6.28. The zero-order valence-corrected chi connectivity index (χ0v) is 10.1. The third-order valence-electron chi connectivity index (χ3n) is 3.41. The summed E-state index contributed by atoms with van der Waals surface area (Å²) < 4.78 is 0. The minimum atomic E-state index is 0.733. The molecule has 0 spiro atoms. The van der Waals surface area contributed by atoms with Gasteiger partial charge in [0.25, 0.3) is 0 Å². The van der Waals surface area contributed by atoms with Gasteiger partial charge in [0.05, 0.1) is 0 Å². The van der Waals surface area contributed by atoms with Gasteiger partial charge in [0.15, 0.2) is 0 Å². The van der Waals surface area contributed by atoms with E-state index in [0.717, 1.165) is 12.1 Å². The molecule has 0 aliphatic carbocycles. The Morgan fingerprint density at radius 1 is 1.29 bits per heavy atom. The molecule has 1 rings (SSSR count). The number of likely N-dealkylation sites (tertiary alicyclic amines) is 1. The second kappa shape index (κ2) is 6.41. The molecule has 0 bridgehead atoms. The van der Waals surface area contributed by atoms with Gasteiger partial charge in [0.2, 0.25) is 0 Å². The third-order valence-corrected chi connectivity index (χ3v) is 3.41. The molecule has 1 unspecified atom stereocenters. The molecule has 1 aliphatic rings. The SMILES string of the molecule is CCC(CC)NC1CCCN(CC)C1. The van der Waals surface area contributed by atoms with Crippen LogP contribution in [0.1, 0.15) is 46.5 Å². The molecule has 1 aliphatic heterocycles. The fourth-order valence-corrected chi connectivity index (χ4v) is 2.34. The topological polar surface area (TPSA) is 15.3 Å². The average Bonchev–Trinajstić information content (AvgIpc) is 2.26. The summed E-state index contributed by atoms with van der Waals surface area (Å²) in [4.78, 5) is 2.56. The van der Waals surface area contributed by atoms with Crippen LogP contribution in [0, 0.1) is 0 Å². The van der Waals surface area contributed by atoms with Crippen LogP contribution < -0.4 is 5.32 Å². The van der Waals surface area contributed by atoms with Gasteiger partial charge in [-0.25, -0.2) is 0 Å². The van der Waals surface area contributed by atoms with Crippen molar-refractivity contribution < 1.29 is 0 Å². The number of piperidine rings is 1. The van der Waals surface area contributed by atoms with Gasteiger partial charge < -0.3 is 10.2 Å². The van der Waals surface area contributed by atoms with Crippen molar-refractivity contribution in [2.75, 3.05) is 19.6 Å². The number of hydrogen-bond donors (Lipinski definition) is 1. The fraction of sp³-hybridized carbons (Fsp3) is 1.00. The van der Waals surface area contributed by atoms with Crippen LogP contribution in [0.25, 0.3) is 0 Å². The van der Waals surface area contributed by atoms with Crippen LogP contribution in [0.2, 0.25) is 0 Å². The van der Waals surface area contributed by atoms with E-state index in [4.69, 9.17) is 0 Å². The number of nitrogens with one attached hydrogen (secondary N) is 1. The molecule has 1 saturated heterocycles. The van der Waals surface area contributed by atoms with Gasteiger partial charge in [-0.05, 0) is 38.8 Å². The Kier molecular flexibility index (Phi) is 5.49. The molecular formula is C12H26N2. The Bertz CT molecular complexity index is 143. The Morgan fingerprint density at radius 2 is 2.00 bits per heavy atom. The fourth-order valence-electron chi connectivity index (χ4n) is 2.34. The molecule has 0 saturated carbocycles. The predicted octanol–water partition coefficient (Wildman–Crippen LogP) is 2.25. The molecule has 84 valence electrons. The van der Waals surface area contributed by atoms with Gasteiger partial charge in [0, 0.05) is 18.6 Å². The highest BCUT2D eigenvalue weighted by molar-refractivity contribution is 4.80. The van der Waals surface area contributed by atoms with Crippen molar-refractivity contribution in [3.8, 4) is 0 Å². The van der Waals surface area contributed by atoms with E-state index in [0.29, 0.717) is 0 Å². The molecule has 0 radical (unpaired) electrons. The summed E-state index contributed by atoms with van der Waals surface area (Å²) in [5.74, 6) is 0. The molecule has 1 heterocycles. The van der Waals surface area contributed by atoms with E-state index in [2.05, 4.69) is 31.0 Å². The highest BCUT2D eigenvalue weighted by atomic mass is 15.2. The second-order valence-corrected chi connectivity index (χ2v) is 4.41. The van der Waals surface area contributed by atoms with Crippen molar-refractivity contribution in [3.05, 3.63) is 0 Å². The zero-order valence-electron chi connectivity index (χ0n) is 10.1. The van der Waals surface area contributed by atoms with Crippen LogP contribution in [0.3, 0.4) is 0 Å². The van der Waals surface area contributed by atoms with Crippen molar-refractivity contribution >= 4 is 0 Å². The van der Waals surface area contributed by atoms with Gasteiger partial charge in [-0.1, -0.05) is 20.8 Å². The summed E-state index contributed by atoms with van der Waals surface area (Å²) in [6.07, 6.45) is 5.26. The van der Waals surface area contributed by atoms with Crippen molar-refractivity contribution in [2.24, 2.45) is 0 Å². The molecule has 2 heteroatoms. The van der Waals surface area contributed by atoms with Crippen LogP contribution in [0.4, 0.5) is 0 Å². The standard InChI is InChI=1S/C12H26N2/c1-4-11(5-2)13-12-8-7-9-14(6-3)10-12/h11-13H,4-10H2,1-3H3. The monoisotopic (exact) mass is 198 g/mol. The summed E-state index contributed by atoms with van der Waals surface area (Å²) in [7, 11) is 0. The lowest BCUT2D eigenvalue weighted by molar-refractivity contribution is 0.188. The molecule has 1 N–H and O–H groups in total. The van der Waals surface area contributed by atoms with E-state index in [1.165, 1.54) is 45.3 Å². The van der Waals surface area contributed by atoms with Crippen molar-refractivity contribution in [2.45, 2.75) is 58.5 Å². The summed E-state index contributed by atoms with van der Waals surface area (Å²) in [5.41, 5.74) is 0. The molecule has 1 atom stereocenters. The quantitative estimate of drug-likeness (QED) is 0.729. The minimum Gasteiger partial charge on any atom is -0.310 e. The second-order valence-electron chi connectivity index (χ2n) is 4.41. The van der Waals surface area contributed by atoms with Crippen LogP contribution in [-0.4, -0.2) is 36.6 Å². The molecule has 0 aromatic heterocycles. The Morgan fingerprint density at radius 3 is 2.57 bits per heavy atom. The highest BCUT2D eigenvalue weighted by Gasteiger charge is 2.19. The van der Waals surface area contributed by atoms with Gasteiger partial charge >= 0.3 is 0 Å². The van der Waals surface area contributed by atoms with E-state index in [-0.39, 0.29) is 0 Å². The Labute approximate surface area is 89.1 Å². The van der Waals surface area contributed by atoms with Crippen molar-refractivity contribution in [3.63, 3.8) is 0 Å². The van der Waals surface area contributed by atoms with Crippen molar-refractivity contribution in [1.29, 1.82) is 0 Å². The van der Waals surface area contributed by atoms with E-state index in [1.807, 2.05) is 0 Å². The summed E-state index contributed by atoms with van der Waals surface area (Å²) >= 11 is 0. The number of rotatable bonds is 5. The summed E-state index contributed by atoms with van der Waals surface area (Å²) in [5, 5.41) is 3.78. The van der Waals surface area contributed by atoms with E-state index >= 15 is 0 Å². The number of likely N-dealkylation sites (N-methyl/N-ethyl adjacent to an activating group) is 1. The summed E-state index contributed by atoms with van der Waals surface area (Å²) in [6, 6.07) is 1.48. The first-order chi connectivity index (χ1) is 6.80. The van der Waals surface area contributed by atoms with Gasteiger partial charge in [-0.15, -0.1) is 0 Å². The zero-order chi connectivity index (χ0) is 10.4. The molecule has 0 aromatic carbocycles. The number of hydrogen-bond acceptors (Lipinski definition) is 2. The lowest BCUT2D eigenvalue weighted by Gasteiger charge is -2.34. The molecule has 0 aromatic rings. The minimum absolute atomic E-state index is 0.733. The highest BCUT2D eigenvalue weighted by Crippen LogP contribution is 2.11. The Hall–Kier alpha value is -0.0800. The molecule has 0 amide bonds. The molecule has 2 nitrogen and oxygen atoms in total. The van der Waals surface area contributed by atoms with Gasteiger partial charge in [-0.2, -0.15) is 0 Å². The number of nitrogens with zero attached hydrogens (tertiary/aromatic N) is 1. The smallest absolute Gasteiger partial charge is 0.0198 e. The maximum absolute atomic E-state index is 3.78. The first kappa shape index (κ1) is 12.0. The maximum atomic E-state index is 3.78. The lowest BCUT2D eigenvalue weighted by Crippen LogP contribution is -2.48. The van der Waals surface area contributed by atoms with E-state index < -0.39 is 0 Å². The third kappa shape index (κ3) is 3.58. The normalized spacial score (nSPS) is 24.4. The van der Waals surface area contributed by atoms with Crippen LogP contribution in [-0.2, 0) is 0 Å². The van der Waals surface area contributed by atoms with Crippen LogP contribution in [0.15, 0.2) is 0 Å². The maximum Gasteiger partial charge on any atom is 0.0198 e. The van der Waals surface area contributed by atoms with E-state index in [9.17, 15) is 0 Å². The lowest BCUT2D eigenvalue weighted by atomic mass is 10.0. The molecular weight excluding hydrogens is 172 g/mol. The molecule has 1 fully saturated rings. The first-order valence-corrected chi connectivity index (χ1v) is 6.28. The summed E-state index contributed by atoms with van der Waals surface area (Å²) in [6.45, 7) is 10.6. The predicted molar refractivity (Wildman–Crippen MR) is 62.6 cm³/mol. The van der Waals surface area contributed by atoms with E-state index in [1.54, 1.807) is 0 Å². The van der Waals surface area contributed by atoms with Gasteiger partial charge in [-0.3, -0.25) is 0 Å². The largest absolute Gasteiger partial charge is 0.310 e. The van der Waals surface area contributed by atoms with Crippen LogP contribution in [0.5, 0.6) is 0 Å². The van der Waals surface area contributed by atoms with Crippen molar-refractivity contribution in [1.82, 2.24) is 10.2 Å². The molecule has 14 heavy (non-hydrogen) atoms. The van der Waals surface area contributed by atoms with Crippen LogP contribution >= 0.6 is 0 Å². The van der Waals surface area contributed by atoms with Gasteiger partial charge in [0.1, 0.15) is 0 Å². The average molecular weight is 198 g/mol.